The molecule has 0 radical (unpaired) electrons. The minimum atomic E-state index is -1.59. The number of nitriles is 4. The lowest BCUT2D eigenvalue weighted by molar-refractivity contribution is -0.0335. The number of rotatable bonds is 0. The summed E-state index contributed by atoms with van der Waals surface area (Å²) in [6.45, 7) is 1.24. The molecule has 3 aliphatic rings. The number of hydrogen-bond donors (Lipinski definition) is 0. The normalized spacial score (nSPS) is 32.8. The van der Waals surface area contributed by atoms with E-state index in [4.69, 9.17) is 0 Å². The van der Waals surface area contributed by atoms with Gasteiger partial charge in [-0.2, -0.15) is 21.0 Å². The second-order valence-electron chi connectivity index (χ2n) is 4.23. The molecule has 0 aromatic heterocycles. The molecule has 0 amide bonds. The number of piperidine rings is 3. The summed E-state index contributed by atoms with van der Waals surface area (Å²) in [5.41, 5.74) is -3.08. The van der Waals surface area contributed by atoms with E-state index < -0.39 is 11.0 Å². The third-order valence-electron chi connectivity index (χ3n) is 3.83. The van der Waals surface area contributed by atoms with Crippen LogP contribution in [-0.4, -0.2) is 23.5 Å². The van der Waals surface area contributed by atoms with Crippen LogP contribution in [0.4, 0.5) is 0 Å². The van der Waals surface area contributed by atoms with Crippen molar-refractivity contribution in [2.75, 3.05) is 13.1 Å². The topological polar surface area (TPSA) is 98.4 Å². The van der Waals surface area contributed by atoms with Crippen LogP contribution in [0.1, 0.15) is 12.8 Å². The molecule has 0 aromatic carbocycles. The summed E-state index contributed by atoms with van der Waals surface area (Å²) >= 11 is 0. The fraction of sp³-hybridized carbons (Fsp3) is 0.636. The highest BCUT2D eigenvalue weighted by atomic mass is 15.2. The van der Waals surface area contributed by atoms with Gasteiger partial charge < -0.3 is 0 Å². The minimum absolute atomic E-state index is 0.160. The van der Waals surface area contributed by atoms with Gasteiger partial charge in [0, 0.05) is 13.1 Å². The van der Waals surface area contributed by atoms with Crippen molar-refractivity contribution in [2.45, 2.75) is 18.4 Å². The third-order valence-corrected chi connectivity index (χ3v) is 3.83. The molecule has 0 atom stereocenters. The molecule has 3 saturated heterocycles. The first-order chi connectivity index (χ1) is 7.70. The molecular weight excluding hydrogens is 202 g/mol. The van der Waals surface area contributed by atoms with Crippen LogP contribution in [0.3, 0.4) is 0 Å². The monoisotopic (exact) mass is 211 g/mol. The van der Waals surface area contributed by atoms with Crippen molar-refractivity contribution in [1.82, 2.24) is 4.90 Å². The van der Waals surface area contributed by atoms with Crippen LogP contribution >= 0.6 is 0 Å². The maximum atomic E-state index is 9.26. The molecule has 0 aliphatic carbocycles. The standard InChI is InChI=1S/C11H9N5/c12-5-10(6-13)9-1-3-16(4-2-9)11(10,7-14)8-15/h9H,1-4H2. The third kappa shape index (κ3) is 0.849. The lowest BCUT2D eigenvalue weighted by Crippen LogP contribution is -2.68. The highest BCUT2D eigenvalue weighted by Gasteiger charge is 2.66. The molecule has 5 heteroatoms. The van der Waals surface area contributed by atoms with E-state index in [0.29, 0.717) is 25.9 Å². The zero-order chi connectivity index (χ0) is 11.8. The largest absolute Gasteiger partial charge is 0.271 e. The van der Waals surface area contributed by atoms with E-state index in [-0.39, 0.29) is 5.92 Å². The number of fused-ring (bicyclic) bond motifs is 3. The molecule has 78 valence electrons. The van der Waals surface area contributed by atoms with E-state index in [2.05, 4.69) is 0 Å². The Hall–Kier alpha value is -2.08. The predicted octanol–water partition coefficient (Wildman–Crippen LogP) is 0.532. The Bertz CT molecular complexity index is 398. The second-order valence-corrected chi connectivity index (χ2v) is 4.23. The van der Waals surface area contributed by atoms with Crippen molar-refractivity contribution in [3.05, 3.63) is 0 Å². The first-order valence-electron chi connectivity index (χ1n) is 5.11. The molecule has 0 unspecified atom stereocenters. The maximum Gasteiger partial charge on any atom is 0.228 e. The van der Waals surface area contributed by atoms with E-state index in [1.165, 1.54) is 0 Å². The van der Waals surface area contributed by atoms with Crippen LogP contribution in [0.15, 0.2) is 0 Å². The smallest absolute Gasteiger partial charge is 0.228 e. The van der Waals surface area contributed by atoms with Gasteiger partial charge in [0.05, 0.1) is 12.1 Å². The minimum Gasteiger partial charge on any atom is -0.271 e. The average Bonchev–Trinajstić information content (AvgIpc) is 2.38. The Morgan fingerprint density at radius 1 is 0.875 bits per heavy atom. The molecule has 2 bridgehead atoms. The summed E-state index contributed by atoms with van der Waals surface area (Å²) < 4.78 is 0. The zero-order valence-corrected chi connectivity index (χ0v) is 8.64. The van der Waals surface area contributed by atoms with Crippen molar-refractivity contribution in [3.8, 4) is 24.3 Å². The number of nitrogens with zero attached hydrogens (tertiary/aromatic N) is 5. The van der Waals surface area contributed by atoms with E-state index in [0.717, 1.165) is 0 Å². The van der Waals surface area contributed by atoms with E-state index in [1.807, 2.05) is 24.3 Å². The SMILES string of the molecule is N#CC1(C#N)C2CCN(CC2)C1(C#N)C#N. The van der Waals surface area contributed by atoms with Gasteiger partial charge in [-0.15, -0.1) is 0 Å². The van der Waals surface area contributed by atoms with Crippen molar-refractivity contribution in [2.24, 2.45) is 11.3 Å². The molecule has 0 N–H and O–H groups in total. The zero-order valence-electron chi connectivity index (χ0n) is 8.64. The van der Waals surface area contributed by atoms with Crippen molar-refractivity contribution < 1.29 is 0 Å². The van der Waals surface area contributed by atoms with Crippen molar-refractivity contribution >= 4 is 0 Å². The van der Waals surface area contributed by atoms with Gasteiger partial charge in [-0.25, -0.2) is 0 Å². The van der Waals surface area contributed by atoms with Crippen LogP contribution < -0.4 is 0 Å². The van der Waals surface area contributed by atoms with Gasteiger partial charge in [-0.1, -0.05) is 0 Å². The summed E-state index contributed by atoms with van der Waals surface area (Å²) in [4.78, 5) is 1.68. The highest BCUT2D eigenvalue weighted by molar-refractivity contribution is 5.44. The van der Waals surface area contributed by atoms with Crippen LogP contribution in [0.2, 0.25) is 0 Å². The molecule has 0 saturated carbocycles. The van der Waals surface area contributed by atoms with E-state index in [1.54, 1.807) is 4.90 Å². The lowest BCUT2D eigenvalue weighted by atomic mass is 9.57. The van der Waals surface area contributed by atoms with Crippen LogP contribution in [0, 0.1) is 56.7 Å². The molecule has 3 fully saturated rings. The van der Waals surface area contributed by atoms with Gasteiger partial charge in [0.15, 0.2) is 5.41 Å². The van der Waals surface area contributed by atoms with Gasteiger partial charge in [0.2, 0.25) is 5.54 Å². The van der Waals surface area contributed by atoms with Gasteiger partial charge in [0.25, 0.3) is 0 Å². The quantitative estimate of drug-likeness (QED) is 0.582. The highest BCUT2D eigenvalue weighted by Crippen LogP contribution is 2.51. The molecule has 3 aliphatic heterocycles. The van der Waals surface area contributed by atoms with E-state index >= 15 is 0 Å². The fourth-order valence-electron chi connectivity index (χ4n) is 2.90. The molecule has 3 heterocycles. The first-order valence-corrected chi connectivity index (χ1v) is 5.11. The first kappa shape index (κ1) is 10.4. The Balaban J connectivity index is 2.68. The Morgan fingerprint density at radius 2 is 1.38 bits per heavy atom. The van der Waals surface area contributed by atoms with Crippen LogP contribution in [0.5, 0.6) is 0 Å². The molecule has 0 spiro atoms. The maximum absolute atomic E-state index is 9.26. The Kier molecular flexibility index (Phi) is 2.09. The molecular formula is C11H9N5. The summed E-state index contributed by atoms with van der Waals surface area (Å²) in [6, 6.07) is 7.71. The van der Waals surface area contributed by atoms with E-state index in [9.17, 15) is 21.0 Å². The van der Waals surface area contributed by atoms with Crippen molar-refractivity contribution in [1.29, 1.82) is 21.0 Å². The molecule has 16 heavy (non-hydrogen) atoms. The molecule has 5 nitrogen and oxygen atoms in total. The summed E-state index contributed by atoms with van der Waals surface area (Å²) in [6.07, 6.45) is 1.43. The molecule has 3 rings (SSSR count). The van der Waals surface area contributed by atoms with Gasteiger partial charge in [-0.3, -0.25) is 4.90 Å². The lowest BCUT2D eigenvalue weighted by Gasteiger charge is -2.53. The summed E-state index contributed by atoms with van der Waals surface area (Å²) in [5.74, 6) is -0.160. The Morgan fingerprint density at radius 3 is 1.69 bits per heavy atom. The number of hydrogen-bond acceptors (Lipinski definition) is 5. The van der Waals surface area contributed by atoms with Crippen LogP contribution in [0.25, 0.3) is 0 Å². The van der Waals surface area contributed by atoms with Gasteiger partial charge in [0.1, 0.15) is 12.1 Å². The van der Waals surface area contributed by atoms with Gasteiger partial charge >= 0.3 is 0 Å². The predicted molar refractivity (Wildman–Crippen MR) is 51.9 cm³/mol. The second kappa shape index (κ2) is 3.21. The molecule has 0 aromatic rings. The summed E-state index contributed by atoms with van der Waals surface area (Å²) in [7, 11) is 0. The van der Waals surface area contributed by atoms with Gasteiger partial charge in [-0.05, 0) is 18.8 Å². The Labute approximate surface area is 93.7 Å². The van der Waals surface area contributed by atoms with Crippen LogP contribution in [-0.2, 0) is 0 Å². The average molecular weight is 211 g/mol. The fourth-order valence-corrected chi connectivity index (χ4v) is 2.90. The van der Waals surface area contributed by atoms with Crippen molar-refractivity contribution in [3.63, 3.8) is 0 Å². The summed E-state index contributed by atoms with van der Waals surface area (Å²) in [5, 5.41) is 37.0.